The Morgan fingerprint density at radius 1 is 1.07 bits per heavy atom. The van der Waals surface area contributed by atoms with Gasteiger partial charge in [-0.1, -0.05) is 6.92 Å². The molecule has 0 radical (unpaired) electrons. The van der Waals surface area contributed by atoms with E-state index in [-0.39, 0.29) is 60.8 Å². The number of carbonyl (C=O) groups is 2. The Labute approximate surface area is 166 Å². The topological polar surface area (TPSA) is 112 Å². The molecule has 160 valence electrons. The summed E-state index contributed by atoms with van der Waals surface area (Å²) in [7, 11) is -3.45. The number of rotatable bonds is 11. The molecule has 1 saturated carbocycles. The molecule has 8 nitrogen and oxygen atoms in total. The van der Waals surface area contributed by atoms with Gasteiger partial charge in [-0.3, -0.25) is 9.59 Å². The van der Waals surface area contributed by atoms with Gasteiger partial charge in [-0.15, -0.1) is 0 Å². The molecule has 0 N–H and O–H groups in total. The highest BCUT2D eigenvalue weighted by Crippen LogP contribution is 2.39. The number of fused-ring (bicyclic) bond motifs is 1. The Bertz CT molecular complexity index is 675. The van der Waals surface area contributed by atoms with E-state index in [4.69, 9.17) is 18.9 Å². The van der Waals surface area contributed by atoms with E-state index in [2.05, 4.69) is 0 Å². The van der Waals surface area contributed by atoms with Crippen LogP contribution in [0.15, 0.2) is 0 Å². The van der Waals surface area contributed by atoms with Gasteiger partial charge < -0.3 is 18.9 Å². The third kappa shape index (κ3) is 6.42. The quantitative estimate of drug-likeness (QED) is 0.364. The fourth-order valence-electron chi connectivity index (χ4n) is 3.58. The number of sulfone groups is 1. The minimum Gasteiger partial charge on any atom is -0.464 e. The molecule has 0 aromatic heterocycles. The molecule has 6 atom stereocenters. The summed E-state index contributed by atoms with van der Waals surface area (Å²) in [6, 6.07) is 0. The number of esters is 2. The summed E-state index contributed by atoms with van der Waals surface area (Å²) in [5.41, 5.74) is 0. The maximum atomic E-state index is 12.0. The minimum atomic E-state index is -3.45. The molecule has 3 fully saturated rings. The Morgan fingerprint density at radius 2 is 1.75 bits per heavy atom. The molecule has 9 heteroatoms. The smallest absolute Gasteiger partial charge is 0.309 e. The molecule has 2 aliphatic heterocycles. The maximum Gasteiger partial charge on any atom is 0.309 e. The third-order valence-electron chi connectivity index (χ3n) is 5.74. The number of carbonyl (C=O) groups excluding carboxylic acids is 2. The monoisotopic (exact) mass is 418 g/mol. The average Bonchev–Trinajstić information content (AvgIpc) is 3.55. The summed E-state index contributed by atoms with van der Waals surface area (Å²) in [6.07, 6.45) is 4.68. The van der Waals surface area contributed by atoms with Crippen molar-refractivity contribution in [2.75, 3.05) is 24.7 Å². The van der Waals surface area contributed by atoms with Crippen LogP contribution in [0.2, 0.25) is 0 Å². The van der Waals surface area contributed by atoms with Crippen LogP contribution >= 0.6 is 0 Å². The van der Waals surface area contributed by atoms with Gasteiger partial charge in [0.25, 0.3) is 0 Å². The fourth-order valence-corrected chi connectivity index (χ4v) is 4.46. The number of hydrogen-bond donors (Lipinski definition) is 0. The first kappa shape index (κ1) is 21.5. The van der Waals surface area contributed by atoms with Gasteiger partial charge >= 0.3 is 11.9 Å². The zero-order valence-corrected chi connectivity index (χ0v) is 17.3. The molecule has 0 aromatic carbocycles. The van der Waals surface area contributed by atoms with E-state index < -0.39 is 15.8 Å². The van der Waals surface area contributed by atoms with Gasteiger partial charge in [-0.05, 0) is 39.0 Å². The molecule has 0 bridgehead atoms. The summed E-state index contributed by atoms with van der Waals surface area (Å²) in [5.74, 6) is -1.76. The SMILES string of the molecule is CC(CCC1OC1C)C(=O)OCCS(=O)(=O)CCOC(=O)C1CCC2OC2C1. The van der Waals surface area contributed by atoms with Crippen molar-refractivity contribution in [1.82, 2.24) is 0 Å². The van der Waals surface area contributed by atoms with E-state index >= 15 is 0 Å². The van der Waals surface area contributed by atoms with Crippen LogP contribution in [-0.4, -0.2) is 69.5 Å². The molecule has 0 aromatic rings. The fraction of sp³-hybridized carbons (Fsp3) is 0.895. The van der Waals surface area contributed by atoms with Gasteiger partial charge in [-0.2, -0.15) is 0 Å². The molecule has 0 spiro atoms. The van der Waals surface area contributed by atoms with Crippen LogP contribution < -0.4 is 0 Å². The molecule has 2 saturated heterocycles. The van der Waals surface area contributed by atoms with Gasteiger partial charge in [0.2, 0.25) is 0 Å². The van der Waals surface area contributed by atoms with E-state index in [1.807, 2.05) is 6.92 Å². The Balaban J connectivity index is 1.26. The van der Waals surface area contributed by atoms with E-state index in [1.165, 1.54) is 0 Å². The summed E-state index contributed by atoms with van der Waals surface area (Å²) in [5, 5.41) is 0. The van der Waals surface area contributed by atoms with Crippen molar-refractivity contribution < 1.29 is 37.0 Å². The first-order chi connectivity index (χ1) is 13.2. The van der Waals surface area contributed by atoms with Gasteiger partial charge in [0, 0.05) is 0 Å². The van der Waals surface area contributed by atoms with Crippen LogP contribution in [0.3, 0.4) is 0 Å². The molecule has 1 aliphatic carbocycles. The molecule has 0 amide bonds. The molecule has 2 heterocycles. The predicted octanol–water partition coefficient (Wildman–Crippen LogP) is 1.26. The van der Waals surface area contributed by atoms with Gasteiger partial charge in [0.1, 0.15) is 13.2 Å². The average molecular weight is 419 g/mol. The van der Waals surface area contributed by atoms with Crippen LogP contribution in [-0.2, 0) is 38.4 Å². The molecule has 6 unspecified atom stereocenters. The largest absolute Gasteiger partial charge is 0.464 e. The highest BCUT2D eigenvalue weighted by molar-refractivity contribution is 7.91. The zero-order chi connectivity index (χ0) is 20.3. The van der Waals surface area contributed by atoms with E-state index in [0.717, 1.165) is 19.3 Å². The van der Waals surface area contributed by atoms with Crippen LogP contribution in [0.5, 0.6) is 0 Å². The van der Waals surface area contributed by atoms with Crippen molar-refractivity contribution >= 4 is 21.8 Å². The summed E-state index contributed by atoms with van der Waals surface area (Å²) < 4.78 is 45.0. The molecular formula is C19H30O8S. The minimum absolute atomic E-state index is 0.170. The van der Waals surface area contributed by atoms with E-state index in [9.17, 15) is 18.0 Å². The molecule has 3 rings (SSSR count). The first-order valence-electron chi connectivity index (χ1n) is 10.1. The Morgan fingerprint density at radius 3 is 2.39 bits per heavy atom. The standard InChI is InChI=1S/C19H30O8S/c1-12(3-5-15-13(2)26-15)18(20)24-7-9-28(22,23)10-8-25-19(21)14-4-6-16-17(11-14)27-16/h12-17H,3-11H2,1-2H3. The lowest BCUT2D eigenvalue weighted by Crippen LogP contribution is -2.27. The van der Waals surface area contributed by atoms with Crippen molar-refractivity contribution in [3.63, 3.8) is 0 Å². The summed E-state index contributed by atoms with van der Waals surface area (Å²) in [4.78, 5) is 23.9. The lowest BCUT2D eigenvalue weighted by atomic mass is 9.89. The first-order valence-corrected chi connectivity index (χ1v) is 11.9. The summed E-state index contributed by atoms with van der Waals surface area (Å²) >= 11 is 0. The zero-order valence-electron chi connectivity index (χ0n) is 16.5. The molecular weight excluding hydrogens is 388 g/mol. The molecule has 28 heavy (non-hydrogen) atoms. The summed E-state index contributed by atoms with van der Waals surface area (Å²) in [6.45, 7) is 3.40. The van der Waals surface area contributed by atoms with E-state index in [1.54, 1.807) is 6.92 Å². The normalized spacial score (nSPS) is 32.1. The Kier molecular flexibility index (Phi) is 6.98. The number of epoxide rings is 2. The van der Waals surface area contributed by atoms with E-state index in [0.29, 0.717) is 18.9 Å². The van der Waals surface area contributed by atoms with Crippen LogP contribution in [0.1, 0.15) is 46.0 Å². The highest BCUT2D eigenvalue weighted by atomic mass is 32.2. The number of ether oxygens (including phenoxy) is 4. The highest BCUT2D eigenvalue weighted by Gasteiger charge is 2.46. The predicted molar refractivity (Wildman–Crippen MR) is 99.3 cm³/mol. The van der Waals surface area contributed by atoms with Gasteiger partial charge in [0.15, 0.2) is 9.84 Å². The van der Waals surface area contributed by atoms with Crippen molar-refractivity contribution in [2.45, 2.75) is 70.4 Å². The lowest BCUT2D eigenvalue weighted by Gasteiger charge is -2.17. The van der Waals surface area contributed by atoms with Crippen molar-refractivity contribution in [3.8, 4) is 0 Å². The van der Waals surface area contributed by atoms with Crippen LogP contribution in [0.25, 0.3) is 0 Å². The number of hydrogen-bond acceptors (Lipinski definition) is 8. The molecule has 3 aliphatic rings. The van der Waals surface area contributed by atoms with Gasteiger partial charge in [-0.25, -0.2) is 8.42 Å². The third-order valence-corrected chi connectivity index (χ3v) is 7.32. The van der Waals surface area contributed by atoms with Crippen molar-refractivity contribution in [1.29, 1.82) is 0 Å². The van der Waals surface area contributed by atoms with Crippen molar-refractivity contribution in [2.24, 2.45) is 11.8 Å². The van der Waals surface area contributed by atoms with Crippen LogP contribution in [0, 0.1) is 11.8 Å². The second-order valence-electron chi connectivity index (χ2n) is 8.07. The second-order valence-corrected chi connectivity index (χ2v) is 10.4. The second kappa shape index (κ2) is 9.09. The van der Waals surface area contributed by atoms with Gasteiger partial charge in [0.05, 0.1) is 47.8 Å². The Hall–Kier alpha value is -1.19. The maximum absolute atomic E-state index is 12.0. The van der Waals surface area contributed by atoms with Crippen LogP contribution in [0.4, 0.5) is 0 Å². The lowest BCUT2D eigenvalue weighted by molar-refractivity contribution is -0.149. The van der Waals surface area contributed by atoms with Crippen molar-refractivity contribution in [3.05, 3.63) is 0 Å².